The minimum absolute atomic E-state index is 0.435. The van der Waals surface area contributed by atoms with Crippen molar-refractivity contribution in [1.82, 2.24) is 5.32 Å². The predicted octanol–water partition coefficient (Wildman–Crippen LogP) is 3.01. The van der Waals surface area contributed by atoms with Crippen molar-refractivity contribution in [1.29, 1.82) is 0 Å². The first-order valence-corrected chi connectivity index (χ1v) is 6.42. The SMILES string of the molecule is CCSCCNCC(C)C(C)(C)C. The minimum atomic E-state index is 0.435. The Hall–Kier alpha value is 0.310. The molecule has 1 N–H and O–H groups in total. The van der Waals surface area contributed by atoms with Gasteiger partial charge in [0.25, 0.3) is 0 Å². The molecule has 13 heavy (non-hydrogen) atoms. The van der Waals surface area contributed by atoms with E-state index in [9.17, 15) is 0 Å². The van der Waals surface area contributed by atoms with Gasteiger partial charge < -0.3 is 5.32 Å². The lowest BCUT2D eigenvalue weighted by Gasteiger charge is -2.27. The van der Waals surface area contributed by atoms with Crippen molar-refractivity contribution >= 4 is 11.8 Å². The van der Waals surface area contributed by atoms with Crippen LogP contribution in [0.2, 0.25) is 0 Å². The van der Waals surface area contributed by atoms with Crippen LogP contribution in [-0.2, 0) is 0 Å². The summed E-state index contributed by atoms with van der Waals surface area (Å²) in [5.41, 5.74) is 0.435. The van der Waals surface area contributed by atoms with Gasteiger partial charge >= 0.3 is 0 Å². The second-order valence-electron chi connectivity index (χ2n) is 4.67. The Morgan fingerprint density at radius 2 is 1.92 bits per heavy atom. The molecule has 0 fully saturated rings. The van der Waals surface area contributed by atoms with Crippen LogP contribution in [0, 0.1) is 11.3 Å². The molecule has 2 heteroatoms. The molecule has 0 saturated heterocycles. The molecule has 0 aromatic carbocycles. The zero-order valence-corrected chi connectivity index (χ0v) is 10.6. The van der Waals surface area contributed by atoms with Gasteiger partial charge in [0.1, 0.15) is 0 Å². The number of nitrogens with one attached hydrogen (secondary N) is 1. The summed E-state index contributed by atoms with van der Waals surface area (Å²) in [4.78, 5) is 0. The largest absolute Gasteiger partial charge is 0.316 e. The van der Waals surface area contributed by atoms with Crippen molar-refractivity contribution in [2.75, 3.05) is 24.6 Å². The van der Waals surface area contributed by atoms with Crippen molar-refractivity contribution in [3.05, 3.63) is 0 Å². The number of thioether (sulfide) groups is 1. The highest BCUT2D eigenvalue weighted by Gasteiger charge is 2.18. The predicted molar refractivity (Wildman–Crippen MR) is 64.5 cm³/mol. The van der Waals surface area contributed by atoms with Crippen LogP contribution in [-0.4, -0.2) is 24.6 Å². The average molecular weight is 203 g/mol. The van der Waals surface area contributed by atoms with E-state index in [1.807, 2.05) is 11.8 Å². The van der Waals surface area contributed by atoms with Crippen LogP contribution in [0.25, 0.3) is 0 Å². The Kier molecular flexibility index (Phi) is 6.88. The highest BCUT2D eigenvalue weighted by molar-refractivity contribution is 7.99. The van der Waals surface area contributed by atoms with Crippen LogP contribution in [0.5, 0.6) is 0 Å². The molecule has 0 aliphatic carbocycles. The Morgan fingerprint density at radius 1 is 1.31 bits per heavy atom. The van der Waals surface area contributed by atoms with E-state index in [0.717, 1.165) is 19.0 Å². The minimum Gasteiger partial charge on any atom is -0.316 e. The molecule has 0 radical (unpaired) electrons. The molecule has 1 nitrogen and oxygen atoms in total. The summed E-state index contributed by atoms with van der Waals surface area (Å²) < 4.78 is 0. The summed E-state index contributed by atoms with van der Waals surface area (Å²) in [6.07, 6.45) is 0. The van der Waals surface area contributed by atoms with E-state index in [1.165, 1.54) is 11.5 Å². The summed E-state index contributed by atoms with van der Waals surface area (Å²) in [6.45, 7) is 13.7. The molecule has 0 rings (SSSR count). The first kappa shape index (κ1) is 13.3. The molecule has 0 aliphatic rings. The molecule has 0 heterocycles. The van der Waals surface area contributed by atoms with Gasteiger partial charge in [-0.1, -0.05) is 34.6 Å². The van der Waals surface area contributed by atoms with E-state index >= 15 is 0 Å². The smallest absolute Gasteiger partial charge is 0.00580 e. The molecule has 0 amide bonds. The van der Waals surface area contributed by atoms with Gasteiger partial charge in [0.05, 0.1) is 0 Å². The van der Waals surface area contributed by atoms with Gasteiger partial charge in [-0.25, -0.2) is 0 Å². The highest BCUT2D eigenvalue weighted by atomic mass is 32.2. The molecule has 1 atom stereocenters. The normalized spacial score (nSPS) is 14.5. The van der Waals surface area contributed by atoms with E-state index in [4.69, 9.17) is 0 Å². The Bertz CT molecular complexity index is 118. The van der Waals surface area contributed by atoms with Crippen LogP contribution < -0.4 is 5.32 Å². The monoisotopic (exact) mass is 203 g/mol. The molecule has 0 bridgehead atoms. The standard InChI is InChI=1S/C11H25NS/c1-6-13-8-7-12-9-10(2)11(3,4)5/h10,12H,6-9H2,1-5H3. The third-order valence-corrected chi connectivity index (χ3v) is 3.46. The molecule has 80 valence electrons. The topological polar surface area (TPSA) is 12.0 Å². The fraction of sp³-hybridized carbons (Fsp3) is 1.00. The van der Waals surface area contributed by atoms with Gasteiger partial charge in [-0.3, -0.25) is 0 Å². The lowest BCUT2D eigenvalue weighted by atomic mass is 9.82. The first-order chi connectivity index (χ1) is 5.98. The van der Waals surface area contributed by atoms with Gasteiger partial charge in [0.15, 0.2) is 0 Å². The van der Waals surface area contributed by atoms with Crippen LogP contribution in [0.4, 0.5) is 0 Å². The van der Waals surface area contributed by atoms with Gasteiger partial charge in [-0.15, -0.1) is 0 Å². The van der Waals surface area contributed by atoms with E-state index < -0.39 is 0 Å². The molecule has 0 aromatic rings. The maximum atomic E-state index is 3.51. The number of hydrogen-bond acceptors (Lipinski definition) is 2. The maximum absolute atomic E-state index is 3.51. The lowest BCUT2D eigenvalue weighted by Crippen LogP contribution is -2.30. The Morgan fingerprint density at radius 3 is 2.38 bits per heavy atom. The van der Waals surface area contributed by atoms with Crippen LogP contribution in [0.3, 0.4) is 0 Å². The lowest BCUT2D eigenvalue weighted by molar-refractivity contribution is 0.254. The fourth-order valence-corrected chi connectivity index (χ4v) is 1.49. The van der Waals surface area contributed by atoms with Gasteiger partial charge in [-0.2, -0.15) is 11.8 Å². The summed E-state index contributed by atoms with van der Waals surface area (Å²) >= 11 is 2.00. The summed E-state index contributed by atoms with van der Waals surface area (Å²) in [6, 6.07) is 0. The highest BCUT2D eigenvalue weighted by Crippen LogP contribution is 2.24. The zero-order valence-electron chi connectivity index (χ0n) is 9.81. The van der Waals surface area contributed by atoms with Gasteiger partial charge in [0.2, 0.25) is 0 Å². The number of rotatable bonds is 6. The second-order valence-corrected chi connectivity index (χ2v) is 6.06. The van der Waals surface area contributed by atoms with E-state index in [2.05, 4.69) is 39.9 Å². The molecule has 1 unspecified atom stereocenters. The maximum Gasteiger partial charge on any atom is 0.00580 e. The summed E-state index contributed by atoms with van der Waals surface area (Å²) in [7, 11) is 0. The zero-order chi connectivity index (χ0) is 10.3. The third kappa shape index (κ3) is 7.39. The molecular formula is C11H25NS. The van der Waals surface area contributed by atoms with Crippen molar-refractivity contribution in [3.63, 3.8) is 0 Å². The van der Waals surface area contributed by atoms with Crippen molar-refractivity contribution in [2.45, 2.75) is 34.6 Å². The van der Waals surface area contributed by atoms with E-state index in [-0.39, 0.29) is 0 Å². The summed E-state index contributed by atoms with van der Waals surface area (Å²) in [5.74, 6) is 3.23. The van der Waals surface area contributed by atoms with Crippen LogP contribution in [0.1, 0.15) is 34.6 Å². The van der Waals surface area contributed by atoms with E-state index in [0.29, 0.717) is 5.41 Å². The first-order valence-electron chi connectivity index (χ1n) is 5.27. The van der Waals surface area contributed by atoms with Gasteiger partial charge in [-0.05, 0) is 23.6 Å². The van der Waals surface area contributed by atoms with Crippen molar-refractivity contribution in [2.24, 2.45) is 11.3 Å². The Labute approximate surface area is 88.1 Å². The van der Waals surface area contributed by atoms with Crippen LogP contribution in [0.15, 0.2) is 0 Å². The second kappa shape index (κ2) is 6.72. The average Bonchev–Trinajstić information content (AvgIpc) is 2.02. The molecule has 0 aliphatic heterocycles. The quantitative estimate of drug-likeness (QED) is 0.666. The van der Waals surface area contributed by atoms with Crippen LogP contribution >= 0.6 is 11.8 Å². The van der Waals surface area contributed by atoms with Crippen molar-refractivity contribution in [3.8, 4) is 0 Å². The third-order valence-electron chi connectivity index (χ3n) is 2.56. The Balaban J connectivity index is 3.32. The molecule has 0 spiro atoms. The summed E-state index contributed by atoms with van der Waals surface area (Å²) in [5, 5.41) is 3.51. The molecule has 0 aromatic heterocycles. The molecule has 0 saturated carbocycles. The number of hydrogen-bond donors (Lipinski definition) is 1. The molecular weight excluding hydrogens is 178 g/mol. The fourth-order valence-electron chi connectivity index (χ4n) is 0.913. The van der Waals surface area contributed by atoms with Crippen molar-refractivity contribution < 1.29 is 0 Å². The van der Waals surface area contributed by atoms with E-state index in [1.54, 1.807) is 0 Å². The van der Waals surface area contributed by atoms with Gasteiger partial charge in [0, 0.05) is 12.3 Å².